The minimum absolute atomic E-state index is 0.0898. The first-order valence-electron chi connectivity index (χ1n) is 15.8. The van der Waals surface area contributed by atoms with Gasteiger partial charge in [0, 0.05) is 36.2 Å². The van der Waals surface area contributed by atoms with E-state index in [0.717, 1.165) is 0 Å². The third-order valence-electron chi connectivity index (χ3n) is 9.15. The van der Waals surface area contributed by atoms with Crippen molar-refractivity contribution in [1.29, 1.82) is 0 Å². The highest BCUT2D eigenvalue weighted by Gasteiger charge is 2.61. The molecule has 0 fully saturated rings. The molecule has 4 aromatic carbocycles. The number of halogens is 1. The van der Waals surface area contributed by atoms with Gasteiger partial charge in [0.1, 0.15) is 0 Å². The van der Waals surface area contributed by atoms with E-state index in [-0.39, 0.29) is 18.1 Å². The molecule has 0 amide bonds. The smallest absolute Gasteiger partial charge is 0.278 e. The monoisotopic (exact) mass is 704 g/mol. The van der Waals surface area contributed by atoms with Crippen molar-refractivity contribution in [3.63, 3.8) is 0 Å². The number of hydrogen-bond donors (Lipinski definition) is 1. The zero-order chi connectivity index (χ0) is 34.5. The maximum atomic E-state index is 14.1. The number of rotatable bonds is 8. The van der Waals surface area contributed by atoms with Gasteiger partial charge in [-0.15, -0.1) is 0 Å². The molecule has 0 radical (unpaired) electrons. The van der Waals surface area contributed by atoms with Crippen molar-refractivity contribution in [2.45, 2.75) is 30.2 Å². The molecule has 1 N–H and O–H groups in total. The number of ether oxygens (including phenoxy) is 2. The summed E-state index contributed by atoms with van der Waals surface area (Å²) >= 11 is 6.74. The van der Waals surface area contributed by atoms with Crippen molar-refractivity contribution in [3.8, 4) is 23.0 Å². The highest BCUT2D eigenvalue weighted by atomic mass is 35.5. The molecule has 6 aromatic rings. The Hall–Kier alpha value is -5.56. The summed E-state index contributed by atoms with van der Waals surface area (Å²) in [6.07, 6.45) is 5.59. The van der Waals surface area contributed by atoms with Crippen LogP contribution in [0.25, 0.3) is 0 Å². The van der Waals surface area contributed by atoms with Gasteiger partial charge in [-0.05, 0) is 73.2 Å². The zero-order valence-electron chi connectivity index (χ0n) is 26.6. The summed E-state index contributed by atoms with van der Waals surface area (Å²) in [6, 6.07) is 30.8. The predicted octanol–water partition coefficient (Wildman–Crippen LogP) is 8.54. The van der Waals surface area contributed by atoms with Crippen LogP contribution < -0.4 is 19.3 Å². The van der Waals surface area contributed by atoms with Crippen molar-refractivity contribution in [2.24, 2.45) is 0 Å². The number of para-hydroxylation sites is 6. The van der Waals surface area contributed by atoms with Crippen molar-refractivity contribution < 1.29 is 22.4 Å². The third-order valence-corrected chi connectivity index (χ3v) is 11.0. The molecule has 0 saturated carbocycles. The van der Waals surface area contributed by atoms with Gasteiger partial charge in [-0.1, -0.05) is 54.9 Å². The molecular formula is C37H29ClN6O5S. The molecule has 50 heavy (non-hydrogen) atoms. The topological polar surface area (TPSA) is 131 Å². The summed E-state index contributed by atoms with van der Waals surface area (Å²) in [5.41, 5.74) is 0.479. The zero-order valence-corrected chi connectivity index (χ0v) is 28.2. The quantitative estimate of drug-likeness (QED) is 0.153. The Balaban J connectivity index is 1.59. The van der Waals surface area contributed by atoms with E-state index in [1.54, 1.807) is 49.6 Å². The van der Waals surface area contributed by atoms with Crippen LogP contribution in [-0.2, 0) is 20.5 Å². The average molecular weight is 705 g/mol. The average Bonchev–Trinajstić information content (AvgIpc) is 3.14. The molecule has 0 saturated heterocycles. The maximum absolute atomic E-state index is 14.1. The van der Waals surface area contributed by atoms with Crippen LogP contribution in [-0.4, -0.2) is 32.9 Å². The van der Waals surface area contributed by atoms with Gasteiger partial charge in [0.05, 0.1) is 22.7 Å². The normalized spacial score (nSPS) is 15.6. The molecule has 2 atom stereocenters. The molecule has 2 aliphatic rings. The molecule has 2 unspecified atom stereocenters. The van der Waals surface area contributed by atoms with Gasteiger partial charge in [0.15, 0.2) is 45.1 Å². The Morgan fingerprint density at radius 1 is 0.640 bits per heavy atom. The summed E-state index contributed by atoms with van der Waals surface area (Å²) in [7, 11) is -4.99. The summed E-state index contributed by atoms with van der Waals surface area (Å²) in [5.74, 6) is 2.06. The minimum atomic E-state index is -4.99. The standard InChI is InChI=1S/C37H29ClN6O5S/c1-2-36(50(45,46)47,34-39-19-9-20-40-34)24-37(35-41-21-10-22-42-35,43-26-11-3-6-14-30(26)48-31-15-7-4-12-27(31)43)44-28-13-5-8-16-32(28)49-33-18-17-25(38)23-29(33)44/h3-23H,2,24H2,1H3,(H,45,46,47). The molecule has 11 nitrogen and oxygen atoms in total. The summed E-state index contributed by atoms with van der Waals surface area (Å²) in [4.78, 5) is 22.6. The van der Waals surface area contributed by atoms with Gasteiger partial charge in [-0.2, -0.15) is 8.42 Å². The number of anilines is 4. The third kappa shape index (κ3) is 4.86. The first kappa shape index (κ1) is 31.7. The number of aromatic nitrogens is 4. The van der Waals surface area contributed by atoms with Gasteiger partial charge in [-0.25, -0.2) is 19.9 Å². The molecular weight excluding hydrogens is 676 g/mol. The minimum Gasteiger partial charge on any atom is -0.453 e. The second-order valence-electron chi connectivity index (χ2n) is 11.9. The lowest BCUT2D eigenvalue weighted by Crippen LogP contribution is -2.61. The van der Waals surface area contributed by atoms with Crippen LogP contribution in [0.2, 0.25) is 5.02 Å². The number of hydrogen-bond acceptors (Lipinski definition) is 10. The van der Waals surface area contributed by atoms with E-state index in [4.69, 9.17) is 31.0 Å². The fraction of sp³-hybridized carbons (Fsp3) is 0.135. The van der Waals surface area contributed by atoms with E-state index in [9.17, 15) is 13.0 Å². The first-order valence-corrected chi connectivity index (χ1v) is 17.6. The van der Waals surface area contributed by atoms with Gasteiger partial charge >= 0.3 is 0 Å². The Kier molecular flexibility index (Phi) is 7.66. The van der Waals surface area contributed by atoms with Crippen molar-refractivity contribution >= 4 is 44.5 Å². The van der Waals surface area contributed by atoms with Crippen LogP contribution in [0.15, 0.2) is 128 Å². The van der Waals surface area contributed by atoms with E-state index in [1.165, 1.54) is 12.4 Å². The Morgan fingerprint density at radius 3 is 1.56 bits per heavy atom. The SMILES string of the molecule is CCC(CC(c1ncccn1)(N1c2ccccc2Oc2ccccc21)N1c2ccccc2Oc2ccc(Cl)cc21)(c1ncccn1)S(=O)(=O)O. The lowest BCUT2D eigenvalue weighted by atomic mass is 9.84. The van der Waals surface area contributed by atoms with Crippen LogP contribution in [0.4, 0.5) is 22.7 Å². The summed E-state index contributed by atoms with van der Waals surface area (Å²) < 4.78 is 50.5. The molecule has 250 valence electrons. The van der Waals surface area contributed by atoms with Gasteiger partial charge in [-0.3, -0.25) is 4.55 Å². The predicted molar refractivity (Wildman–Crippen MR) is 189 cm³/mol. The van der Waals surface area contributed by atoms with Gasteiger partial charge < -0.3 is 19.3 Å². The fourth-order valence-electron chi connectivity index (χ4n) is 6.96. The molecule has 13 heteroatoms. The second-order valence-corrected chi connectivity index (χ2v) is 14.0. The van der Waals surface area contributed by atoms with Crippen LogP contribution in [0, 0.1) is 0 Å². The highest BCUT2D eigenvalue weighted by molar-refractivity contribution is 7.86. The number of benzene rings is 4. The Bertz CT molecular complexity index is 2290. The second kappa shape index (κ2) is 12.1. The van der Waals surface area contributed by atoms with Crippen LogP contribution in [0.1, 0.15) is 31.4 Å². The Labute approximate surface area is 293 Å². The van der Waals surface area contributed by atoms with Crippen molar-refractivity contribution in [3.05, 3.63) is 145 Å². The first-order chi connectivity index (χ1) is 24.3. The van der Waals surface area contributed by atoms with E-state index >= 15 is 0 Å². The lowest BCUT2D eigenvalue weighted by molar-refractivity contribution is 0.282. The Morgan fingerprint density at radius 2 is 1.08 bits per heavy atom. The van der Waals surface area contributed by atoms with E-state index < -0.39 is 26.9 Å². The fourth-order valence-corrected chi connectivity index (χ4v) is 8.21. The van der Waals surface area contributed by atoms with Crippen molar-refractivity contribution in [1.82, 2.24) is 19.9 Å². The van der Waals surface area contributed by atoms with Gasteiger partial charge in [0.2, 0.25) is 0 Å². The van der Waals surface area contributed by atoms with Crippen molar-refractivity contribution in [2.75, 3.05) is 9.80 Å². The molecule has 0 aliphatic carbocycles. The van der Waals surface area contributed by atoms with E-state index in [2.05, 4.69) is 9.97 Å². The van der Waals surface area contributed by atoms with Gasteiger partial charge in [0.25, 0.3) is 10.1 Å². The molecule has 4 heterocycles. The largest absolute Gasteiger partial charge is 0.453 e. The van der Waals surface area contributed by atoms with Crippen LogP contribution in [0.5, 0.6) is 23.0 Å². The lowest BCUT2D eigenvalue weighted by Gasteiger charge is -2.55. The van der Waals surface area contributed by atoms with E-state index in [1.807, 2.05) is 82.6 Å². The molecule has 0 spiro atoms. The molecule has 2 aromatic heterocycles. The molecule has 2 aliphatic heterocycles. The number of fused-ring (bicyclic) bond motifs is 4. The molecule has 0 bridgehead atoms. The highest BCUT2D eigenvalue weighted by Crippen LogP contribution is 2.62. The molecule has 8 rings (SSSR count). The van der Waals surface area contributed by atoms with Crippen LogP contribution in [0.3, 0.4) is 0 Å². The summed E-state index contributed by atoms with van der Waals surface area (Å²) in [5, 5.41) is 0.408. The maximum Gasteiger partial charge on any atom is 0.278 e. The summed E-state index contributed by atoms with van der Waals surface area (Å²) in [6.45, 7) is 1.68. The number of nitrogens with zero attached hydrogens (tertiary/aromatic N) is 6. The van der Waals surface area contributed by atoms with Crippen LogP contribution >= 0.6 is 11.6 Å². The van der Waals surface area contributed by atoms with E-state index in [0.29, 0.717) is 50.8 Å².